The lowest BCUT2D eigenvalue weighted by Crippen LogP contribution is -1.95. The maximum absolute atomic E-state index is 8.61. The number of hydrogen-bond acceptors (Lipinski definition) is 3. The van der Waals surface area contributed by atoms with Gasteiger partial charge in [-0.2, -0.15) is 5.26 Å². The molecule has 1 rings (SSSR count). The van der Waals surface area contributed by atoms with Gasteiger partial charge in [0.1, 0.15) is 11.8 Å². The van der Waals surface area contributed by atoms with Gasteiger partial charge in [0.25, 0.3) is 0 Å². The maximum Gasteiger partial charge on any atom is 0.174 e. The average molecular weight is 189 g/mol. The third kappa shape index (κ3) is 2.92. The summed E-state index contributed by atoms with van der Waals surface area (Å²) in [4.78, 5) is 0. The van der Waals surface area contributed by atoms with Crippen molar-refractivity contribution in [3.63, 3.8) is 0 Å². The Morgan fingerprint density at radius 3 is 2.93 bits per heavy atom. The van der Waals surface area contributed by atoms with Crippen LogP contribution in [0.15, 0.2) is 30.3 Å². The van der Waals surface area contributed by atoms with Gasteiger partial charge in [0.2, 0.25) is 0 Å². The largest absolute Gasteiger partial charge is 0.478 e. The van der Waals surface area contributed by atoms with Crippen molar-refractivity contribution in [2.75, 3.05) is 13.2 Å². The third-order valence-corrected chi connectivity index (χ3v) is 1.61. The first kappa shape index (κ1) is 10.3. The number of aliphatic hydroxyl groups is 1. The molecule has 3 nitrogen and oxygen atoms in total. The molecule has 1 aromatic rings. The summed E-state index contributed by atoms with van der Waals surface area (Å²) >= 11 is 0. The number of nitriles is 1. The molecule has 0 atom stereocenters. The molecule has 0 aliphatic rings. The van der Waals surface area contributed by atoms with Gasteiger partial charge in [-0.05, 0) is 6.07 Å². The Bertz CT molecular complexity index is 353. The molecule has 72 valence electrons. The minimum Gasteiger partial charge on any atom is -0.478 e. The van der Waals surface area contributed by atoms with E-state index in [1.165, 1.54) is 0 Å². The van der Waals surface area contributed by atoms with Gasteiger partial charge in [-0.3, -0.25) is 0 Å². The van der Waals surface area contributed by atoms with E-state index < -0.39 is 0 Å². The summed E-state index contributed by atoms with van der Waals surface area (Å²) < 4.78 is 5.19. The predicted molar refractivity (Wildman–Crippen MR) is 53.7 cm³/mol. The van der Waals surface area contributed by atoms with Gasteiger partial charge in [-0.1, -0.05) is 30.4 Å². The fourth-order valence-corrected chi connectivity index (χ4v) is 1.04. The van der Waals surface area contributed by atoms with E-state index >= 15 is 0 Å². The van der Waals surface area contributed by atoms with Crippen molar-refractivity contribution in [3.8, 4) is 11.8 Å². The molecule has 0 spiro atoms. The summed E-state index contributed by atoms with van der Waals surface area (Å²) in [6, 6.07) is 9.26. The fraction of sp³-hybridized carbons (Fsp3) is 0.182. The van der Waals surface area contributed by atoms with Crippen LogP contribution in [0.2, 0.25) is 0 Å². The molecule has 0 unspecified atom stereocenters. The van der Waals surface area contributed by atoms with Gasteiger partial charge in [-0.25, -0.2) is 0 Å². The number of rotatable bonds is 4. The molecular formula is C11H11NO2. The van der Waals surface area contributed by atoms with E-state index in [0.717, 1.165) is 5.56 Å². The molecule has 1 N–H and O–H groups in total. The second-order valence-corrected chi connectivity index (χ2v) is 2.57. The van der Waals surface area contributed by atoms with Gasteiger partial charge >= 0.3 is 0 Å². The molecular weight excluding hydrogens is 178 g/mol. The van der Waals surface area contributed by atoms with Crippen molar-refractivity contribution >= 4 is 6.08 Å². The summed E-state index contributed by atoms with van der Waals surface area (Å²) in [5, 5.41) is 17.0. The standard InChI is InChI=1S/C11H11NO2/c12-7-9-14-11-6-2-1-4-10(11)5-3-8-13/h1-6,13H,8-9H2. The normalized spacial score (nSPS) is 10.0. The maximum atomic E-state index is 8.61. The predicted octanol–water partition coefficient (Wildman–Crippen LogP) is 1.59. The molecule has 0 aromatic heterocycles. The Hall–Kier alpha value is -1.79. The molecule has 1 aromatic carbocycles. The third-order valence-electron chi connectivity index (χ3n) is 1.61. The number of benzene rings is 1. The molecule has 0 bridgehead atoms. The van der Waals surface area contributed by atoms with Crippen LogP contribution in [0.4, 0.5) is 0 Å². The van der Waals surface area contributed by atoms with Crippen molar-refractivity contribution in [2.45, 2.75) is 0 Å². The van der Waals surface area contributed by atoms with Gasteiger partial charge in [0.15, 0.2) is 6.61 Å². The highest BCUT2D eigenvalue weighted by Crippen LogP contribution is 2.18. The van der Waals surface area contributed by atoms with E-state index in [1.807, 2.05) is 24.3 Å². The van der Waals surface area contributed by atoms with Crippen molar-refractivity contribution < 1.29 is 9.84 Å². The molecule has 0 aliphatic carbocycles. The van der Waals surface area contributed by atoms with Crippen LogP contribution in [0.3, 0.4) is 0 Å². The van der Waals surface area contributed by atoms with Crippen molar-refractivity contribution in [2.24, 2.45) is 0 Å². The van der Waals surface area contributed by atoms with Crippen LogP contribution in [-0.2, 0) is 0 Å². The molecule has 3 heteroatoms. The van der Waals surface area contributed by atoms with Crippen LogP contribution in [0.25, 0.3) is 6.08 Å². The zero-order valence-corrected chi connectivity index (χ0v) is 7.68. The Morgan fingerprint density at radius 2 is 2.21 bits per heavy atom. The highest BCUT2D eigenvalue weighted by Gasteiger charge is 1.97. The number of hydrogen-bond donors (Lipinski definition) is 1. The van der Waals surface area contributed by atoms with Crippen LogP contribution < -0.4 is 4.74 Å². The highest BCUT2D eigenvalue weighted by molar-refractivity contribution is 5.57. The highest BCUT2D eigenvalue weighted by atomic mass is 16.5. The first-order valence-corrected chi connectivity index (χ1v) is 4.24. The SMILES string of the molecule is N#CCOc1ccccc1C=CCO. The fourth-order valence-electron chi connectivity index (χ4n) is 1.04. The van der Waals surface area contributed by atoms with Crippen molar-refractivity contribution in [1.29, 1.82) is 5.26 Å². The summed E-state index contributed by atoms with van der Waals surface area (Å²) in [6.07, 6.45) is 3.38. The number of para-hydroxylation sites is 1. The zero-order valence-electron chi connectivity index (χ0n) is 7.68. The minimum atomic E-state index is -0.00736. The Labute approximate surface area is 82.9 Å². The number of aliphatic hydroxyl groups excluding tert-OH is 1. The molecule has 0 radical (unpaired) electrons. The summed E-state index contributed by atoms with van der Waals surface area (Å²) in [5.41, 5.74) is 0.858. The van der Waals surface area contributed by atoms with E-state index in [2.05, 4.69) is 0 Å². The first-order chi connectivity index (χ1) is 6.88. The Kier molecular flexibility index (Phi) is 4.25. The van der Waals surface area contributed by atoms with E-state index in [0.29, 0.717) is 5.75 Å². The first-order valence-electron chi connectivity index (χ1n) is 4.24. The van der Waals surface area contributed by atoms with E-state index in [4.69, 9.17) is 15.1 Å². The van der Waals surface area contributed by atoms with Crippen molar-refractivity contribution in [3.05, 3.63) is 35.9 Å². The average Bonchev–Trinajstić information content (AvgIpc) is 2.24. The molecule has 14 heavy (non-hydrogen) atoms. The van der Waals surface area contributed by atoms with Crippen LogP contribution in [-0.4, -0.2) is 18.3 Å². The smallest absolute Gasteiger partial charge is 0.174 e. The van der Waals surface area contributed by atoms with Crippen LogP contribution in [0, 0.1) is 11.3 Å². The second-order valence-electron chi connectivity index (χ2n) is 2.57. The van der Waals surface area contributed by atoms with Crippen LogP contribution >= 0.6 is 0 Å². The topological polar surface area (TPSA) is 53.2 Å². The minimum absolute atomic E-state index is 0.00736. The zero-order chi connectivity index (χ0) is 10.2. The van der Waals surface area contributed by atoms with Gasteiger partial charge in [-0.15, -0.1) is 0 Å². The van der Waals surface area contributed by atoms with Crippen LogP contribution in [0.5, 0.6) is 5.75 Å². The summed E-state index contributed by atoms with van der Waals surface area (Å²) in [7, 11) is 0. The monoisotopic (exact) mass is 189 g/mol. The molecule has 0 fully saturated rings. The molecule has 0 heterocycles. The second kappa shape index (κ2) is 5.79. The quantitative estimate of drug-likeness (QED) is 0.782. The lowest BCUT2D eigenvalue weighted by molar-refractivity contribution is 0.343. The van der Waals surface area contributed by atoms with Gasteiger partial charge < -0.3 is 9.84 Å². The van der Waals surface area contributed by atoms with E-state index in [-0.39, 0.29) is 13.2 Å². The lowest BCUT2D eigenvalue weighted by atomic mass is 10.2. The van der Waals surface area contributed by atoms with Gasteiger partial charge in [0.05, 0.1) is 6.61 Å². The Morgan fingerprint density at radius 1 is 1.43 bits per heavy atom. The number of nitrogens with zero attached hydrogens (tertiary/aromatic N) is 1. The van der Waals surface area contributed by atoms with Crippen LogP contribution in [0.1, 0.15) is 5.56 Å². The number of ether oxygens (including phenoxy) is 1. The Balaban J connectivity index is 2.81. The molecule has 0 saturated carbocycles. The molecule has 0 aliphatic heterocycles. The molecule has 0 amide bonds. The summed E-state index contributed by atoms with van der Waals surface area (Å²) in [6.45, 7) is 0.0244. The van der Waals surface area contributed by atoms with E-state index in [1.54, 1.807) is 18.2 Å². The van der Waals surface area contributed by atoms with Gasteiger partial charge in [0, 0.05) is 5.56 Å². The summed E-state index contributed by atoms with van der Waals surface area (Å²) in [5.74, 6) is 0.652. The molecule has 0 saturated heterocycles. The van der Waals surface area contributed by atoms with Crippen molar-refractivity contribution in [1.82, 2.24) is 0 Å². The lowest BCUT2D eigenvalue weighted by Gasteiger charge is -2.04. The van der Waals surface area contributed by atoms with E-state index in [9.17, 15) is 0 Å².